The highest BCUT2D eigenvalue weighted by molar-refractivity contribution is 7.86. The predicted molar refractivity (Wildman–Crippen MR) is 90.7 cm³/mol. The summed E-state index contributed by atoms with van der Waals surface area (Å²) in [6, 6.07) is 0. The molecule has 8 nitrogen and oxygen atoms in total. The van der Waals surface area contributed by atoms with E-state index in [0.717, 1.165) is 0 Å². The third-order valence-corrected chi connectivity index (χ3v) is 7.34. The van der Waals surface area contributed by atoms with Crippen LogP contribution in [0.4, 0.5) is 13.2 Å². The molecule has 164 valence electrons. The molecule has 0 heterocycles. The Hall–Kier alpha value is -1.69. The Morgan fingerprint density at radius 3 is 2.24 bits per heavy atom. The second-order valence-corrected chi connectivity index (χ2v) is 9.92. The van der Waals surface area contributed by atoms with Gasteiger partial charge in [-0.15, -0.1) is 0 Å². The van der Waals surface area contributed by atoms with Gasteiger partial charge in [0, 0.05) is 6.92 Å². The highest BCUT2D eigenvalue weighted by Crippen LogP contribution is 2.62. The minimum Gasteiger partial charge on any atom is -0.462 e. The molecule has 3 atom stereocenters. The average molecular weight is 441 g/mol. The number of nitrogens with one attached hydrogen (secondary N) is 1. The lowest BCUT2D eigenvalue weighted by atomic mass is 9.46. The Balaban J connectivity index is 1.67. The molecule has 29 heavy (non-hydrogen) atoms. The molecule has 4 rings (SSSR count). The van der Waals surface area contributed by atoms with Crippen molar-refractivity contribution in [3.8, 4) is 0 Å². The van der Waals surface area contributed by atoms with Crippen molar-refractivity contribution >= 4 is 27.9 Å². The number of carbonyl (C=O) groups is 3. The number of alkyl halides is 3. The highest BCUT2D eigenvalue weighted by atomic mass is 32.2. The zero-order valence-electron chi connectivity index (χ0n) is 15.6. The molecule has 3 unspecified atom stereocenters. The summed E-state index contributed by atoms with van der Waals surface area (Å²) in [6.07, 6.45) is -0.880. The maximum Gasteiger partial charge on any atom is 0.403 e. The summed E-state index contributed by atoms with van der Waals surface area (Å²) < 4.78 is 74.4. The van der Waals surface area contributed by atoms with E-state index in [2.05, 4.69) is 10.1 Å². The first-order valence-corrected chi connectivity index (χ1v) is 10.7. The van der Waals surface area contributed by atoms with Crippen LogP contribution in [0.1, 0.15) is 39.0 Å². The Morgan fingerprint density at radius 2 is 1.76 bits per heavy atom. The third kappa shape index (κ3) is 3.88. The summed E-state index contributed by atoms with van der Waals surface area (Å²) in [5.41, 5.74) is -0.764. The van der Waals surface area contributed by atoms with Crippen LogP contribution in [0.3, 0.4) is 0 Å². The van der Waals surface area contributed by atoms with E-state index >= 15 is 0 Å². The summed E-state index contributed by atoms with van der Waals surface area (Å²) in [7, 11) is -5.99. The lowest BCUT2D eigenvalue weighted by Gasteiger charge is -2.58. The van der Waals surface area contributed by atoms with Crippen LogP contribution >= 0.6 is 0 Å². The Labute approximate surface area is 165 Å². The lowest BCUT2D eigenvalue weighted by molar-refractivity contribution is -0.177. The van der Waals surface area contributed by atoms with E-state index in [4.69, 9.17) is 4.55 Å². The van der Waals surface area contributed by atoms with Gasteiger partial charge in [0.25, 0.3) is 0 Å². The molecule has 2 N–H and O–H groups in total. The molecule has 0 spiro atoms. The molecule has 4 bridgehead atoms. The zero-order chi connectivity index (χ0) is 21.8. The maximum atomic E-state index is 13.6. The van der Waals surface area contributed by atoms with Crippen LogP contribution < -0.4 is 5.32 Å². The van der Waals surface area contributed by atoms with Gasteiger partial charge in [-0.3, -0.25) is 24.3 Å². The van der Waals surface area contributed by atoms with Gasteiger partial charge < -0.3 is 4.74 Å². The van der Waals surface area contributed by atoms with Gasteiger partial charge in [0.1, 0.15) is 6.61 Å². The molecule has 4 fully saturated rings. The number of imide groups is 1. The Bertz CT molecular complexity index is 815. The lowest BCUT2D eigenvalue weighted by Crippen LogP contribution is -2.58. The van der Waals surface area contributed by atoms with Crippen molar-refractivity contribution in [3.63, 3.8) is 0 Å². The van der Waals surface area contributed by atoms with Crippen LogP contribution in [0, 0.1) is 29.1 Å². The molecule has 4 saturated carbocycles. The molecule has 4 aliphatic carbocycles. The monoisotopic (exact) mass is 441 g/mol. The minimum atomic E-state index is -5.99. The highest BCUT2D eigenvalue weighted by Gasteiger charge is 2.61. The first kappa shape index (κ1) is 22.0. The fourth-order valence-electron chi connectivity index (χ4n) is 5.49. The number of hydrogen-bond donors (Lipinski definition) is 2. The Kier molecular flexibility index (Phi) is 5.48. The van der Waals surface area contributed by atoms with Gasteiger partial charge in [0.15, 0.2) is 0 Å². The van der Waals surface area contributed by atoms with Crippen molar-refractivity contribution in [1.82, 2.24) is 5.32 Å². The second kappa shape index (κ2) is 7.22. The fraction of sp³-hybridized carbons (Fsp3) is 0.824. The smallest absolute Gasteiger partial charge is 0.403 e. The van der Waals surface area contributed by atoms with Gasteiger partial charge in [-0.25, -0.2) is 4.39 Å². The van der Waals surface area contributed by atoms with Gasteiger partial charge in [0.2, 0.25) is 18.0 Å². The van der Waals surface area contributed by atoms with Gasteiger partial charge in [-0.05, 0) is 49.9 Å². The summed E-state index contributed by atoms with van der Waals surface area (Å²) in [5, 5.41) is -2.78. The third-order valence-electron chi connectivity index (χ3n) is 6.40. The molecular formula is C17H22F3NO7S. The molecule has 2 amide bonds. The molecule has 4 aliphatic rings. The Morgan fingerprint density at radius 1 is 1.21 bits per heavy atom. The van der Waals surface area contributed by atoms with Crippen LogP contribution in [0.2, 0.25) is 0 Å². The van der Waals surface area contributed by atoms with Gasteiger partial charge in [0.05, 0.1) is 11.3 Å². The van der Waals surface area contributed by atoms with Gasteiger partial charge in [-0.1, -0.05) is 0 Å². The molecule has 12 heteroatoms. The van der Waals surface area contributed by atoms with Crippen molar-refractivity contribution in [3.05, 3.63) is 0 Å². The summed E-state index contributed by atoms with van der Waals surface area (Å²) in [5.74, 6) is -2.85. The molecule has 0 aromatic carbocycles. The minimum absolute atomic E-state index is 0.187. The first-order chi connectivity index (χ1) is 13.3. The zero-order valence-corrected chi connectivity index (χ0v) is 16.4. The molecule has 0 radical (unpaired) electrons. The van der Waals surface area contributed by atoms with Crippen LogP contribution in [-0.2, 0) is 29.2 Å². The van der Waals surface area contributed by atoms with E-state index in [1.165, 1.54) is 6.92 Å². The fourth-order valence-corrected chi connectivity index (χ4v) is 5.88. The molecule has 0 aromatic heterocycles. The number of rotatable bonds is 6. The topological polar surface area (TPSA) is 127 Å². The van der Waals surface area contributed by atoms with E-state index in [9.17, 15) is 36.0 Å². The normalized spacial score (nSPS) is 34.5. The van der Waals surface area contributed by atoms with Gasteiger partial charge in [-0.2, -0.15) is 17.2 Å². The van der Waals surface area contributed by atoms with Crippen LogP contribution in [-0.4, -0.2) is 48.8 Å². The van der Waals surface area contributed by atoms with E-state index < -0.39 is 51.4 Å². The SMILES string of the molecule is CC(=O)NC(=O)C12CC3CC(C1)C(C(=O)OCC(F)C(F)(F)S(=O)(=O)O)C(C3)C2. The quantitative estimate of drug-likeness (QED) is 0.472. The number of halogens is 3. The molecule has 0 aliphatic heterocycles. The van der Waals surface area contributed by atoms with E-state index in [1.807, 2.05) is 0 Å². The maximum absolute atomic E-state index is 13.6. The van der Waals surface area contributed by atoms with E-state index in [1.54, 1.807) is 0 Å². The van der Waals surface area contributed by atoms with Crippen LogP contribution in [0.15, 0.2) is 0 Å². The summed E-state index contributed by atoms with van der Waals surface area (Å²) in [4.78, 5) is 36.3. The molecular weight excluding hydrogens is 419 g/mol. The first-order valence-electron chi connectivity index (χ1n) is 9.24. The number of carbonyl (C=O) groups excluding carboxylic acids is 3. The summed E-state index contributed by atoms with van der Waals surface area (Å²) in [6.45, 7) is -0.282. The van der Waals surface area contributed by atoms with Crippen molar-refractivity contribution in [2.45, 2.75) is 50.5 Å². The number of hydrogen-bond acceptors (Lipinski definition) is 6. The van der Waals surface area contributed by atoms with Crippen molar-refractivity contribution in [2.24, 2.45) is 29.1 Å². The predicted octanol–water partition coefficient (Wildman–Crippen LogP) is 1.45. The largest absolute Gasteiger partial charge is 0.462 e. The van der Waals surface area contributed by atoms with Crippen molar-refractivity contribution in [2.75, 3.05) is 6.61 Å². The van der Waals surface area contributed by atoms with E-state index in [0.29, 0.717) is 32.1 Å². The summed E-state index contributed by atoms with van der Waals surface area (Å²) >= 11 is 0. The van der Waals surface area contributed by atoms with E-state index in [-0.39, 0.29) is 23.7 Å². The number of amides is 2. The molecule has 0 saturated heterocycles. The van der Waals surface area contributed by atoms with Crippen LogP contribution in [0.5, 0.6) is 0 Å². The second-order valence-electron chi connectivity index (χ2n) is 8.42. The van der Waals surface area contributed by atoms with Crippen LogP contribution in [0.25, 0.3) is 0 Å². The number of ether oxygens (including phenoxy) is 1. The standard InChI is InChI=1S/C17H22F3NO7S/c1-8(22)21-15(24)16-4-9-2-10(5-16)13(11(3-9)6-16)14(23)28-7-12(18)17(19,20)29(25,26)27/h9-13H,2-7H2,1H3,(H,21,22,24)(H,25,26,27). The molecule has 0 aromatic rings. The number of esters is 1. The van der Waals surface area contributed by atoms with Crippen molar-refractivity contribution < 1.29 is 45.3 Å². The van der Waals surface area contributed by atoms with Crippen molar-refractivity contribution in [1.29, 1.82) is 0 Å². The average Bonchev–Trinajstić information content (AvgIpc) is 2.57. The van der Waals surface area contributed by atoms with Gasteiger partial charge >= 0.3 is 21.3 Å².